The predicted octanol–water partition coefficient (Wildman–Crippen LogP) is 3.99. The number of nitrogens with zero attached hydrogens (tertiary/aromatic N) is 2. The van der Waals surface area contributed by atoms with E-state index in [2.05, 4.69) is 10.5 Å². The number of nitro groups is 1. The maximum atomic E-state index is 11.8. The number of hydrogen-bond acceptors (Lipinski definition) is 6. The molecule has 0 radical (unpaired) electrons. The molecule has 126 valence electrons. The van der Waals surface area contributed by atoms with Crippen LogP contribution < -0.4 is 5.43 Å². The van der Waals surface area contributed by atoms with Crippen LogP contribution in [-0.2, 0) is 0 Å². The van der Waals surface area contributed by atoms with Gasteiger partial charge in [-0.2, -0.15) is 5.10 Å². The summed E-state index contributed by atoms with van der Waals surface area (Å²) in [6, 6.07) is 11.4. The highest BCUT2D eigenvalue weighted by atomic mass is 32.1. The number of aryl methyl sites for hydroxylation is 1. The first-order valence-electron chi connectivity index (χ1n) is 7.27. The Labute approximate surface area is 146 Å². The molecule has 3 rings (SSSR count). The van der Waals surface area contributed by atoms with Crippen molar-refractivity contribution in [1.82, 2.24) is 5.43 Å². The number of furan rings is 1. The summed E-state index contributed by atoms with van der Waals surface area (Å²) in [4.78, 5) is 22.8. The molecule has 0 aliphatic rings. The molecular formula is C17H13N3O4S. The van der Waals surface area contributed by atoms with E-state index in [0.29, 0.717) is 22.0 Å². The van der Waals surface area contributed by atoms with Crippen LogP contribution in [0.1, 0.15) is 21.0 Å². The van der Waals surface area contributed by atoms with Gasteiger partial charge in [-0.3, -0.25) is 14.9 Å². The highest BCUT2D eigenvalue weighted by molar-refractivity contribution is 7.12. The molecule has 0 fully saturated rings. The first-order chi connectivity index (χ1) is 12.0. The Morgan fingerprint density at radius 3 is 2.88 bits per heavy atom. The van der Waals surface area contributed by atoms with Crippen molar-refractivity contribution in [3.05, 3.63) is 74.2 Å². The molecule has 0 atom stereocenters. The van der Waals surface area contributed by atoms with Crippen LogP contribution in [0.2, 0.25) is 0 Å². The fourth-order valence-electron chi connectivity index (χ4n) is 2.17. The van der Waals surface area contributed by atoms with Gasteiger partial charge in [0.2, 0.25) is 0 Å². The van der Waals surface area contributed by atoms with Crippen molar-refractivity contribution in [2.45, 2.75) is 6.92 Å². The molecule has 1 amide bonds. The smallest absolute Gasteiger partial charge is 0.281 e. The summed E-state index contributed by atoms with van der Waals surface area (Å²) < 4.78 is 5.64. The summed E-state index contributed by atoms with van der Waals surface area (Å²) in [5, 5.41) is 16.6. The second-order valence-corrected chi connectivity index (χ2v) is 6.08. The summed E-state index contributed by atoms with van der Waals surface area (Å²) in [6.45, 7) is 1.84. The Hall–Kier alpha value is -3.26. The lowest BCUT2D eigenvalue weighted by Crippen LogP contribution is -2.15. The summed E-state index contributed by atoms with van der Waals surface area (Å²) in [6.07, 6.45) is 1.38. The Morgan fingerprint density at radius 1 is 1.32 bits per heavy atom. The average molecular weight is 355 g/mol. The van der Waals surface area contributed by atoms with E-state index in [4.69, 9.17) is 4.42 Å². The third kappa shape index (κ3) is 3.81. The van der Waals surface area contributed by atoms with Crippen LogP contribution in [0.3, 0.4) is 0 Å². The summed E-state index contributed by atoms with van der Waals surface area (Å²) >= 11 is 1.32. The van der Waals surface area contributed by atoms with Gasteiger partial charge in [-0.15, -0.1) is 11.3 Å². The van der Waals surface area contributed by atoms with Crippen molar-refractivity contribution in [3.63, 3.8) is 0 Å². The number of carbonyl (C=O) groups excluding carboxylic acids is 1. The van der Waals surface area contributed by atoms with E-state index in [0.717, 1.165) is 5.56 Å². The van der Waals surface area contributed by atoms with Gasteiger partial charge in [0.1, 0.15) is 11.5 Å². The van der Waals surface area contributed by atoms with Gasteiger partial charge in [0.05, 0.1) is 16.0 Å². The first-order valence-corrected chi connectivity index (χ1v) is 8.15. The largest absolute Gasteiger partial charge is 0.455 e. The summed E-state index contributed by atoms with van der Waals surface area (Å²) in [5.74, 6) is 0.618. The van der Waals surface area contributed by atoms with Crippen LogP contribution >= 0.6 is 11.3 Å². The van der Waals surface area contributed by atoms with Crippen LogP contribution in [0, 0.1) is 17.0 Å². The lowest BCUT2D eigenvalue weighted by Gasteiger charge is -2.02. The molecule has 7 nitrogen and oxygen atoms in total. The third-order valence-corrected chi connectivity index (χ3v) is 4.30. The standard InChI is InChI=1S/C17H13N3O4S/c1-11-4-5-12(20(22)23)9-14(11)15-7-6-13(24-15)10-18-19-17(21)16-3-2-8-25-16/h2-10H,1H3,(H,19,21)/b18-10-. The number of nitrogens with one attached hydrogen (secondary N) is 1. The van der Waals surface area contributed by atoms with Gasteiger partial charge in [-0.05, 0) is 36.1 Å². The van der Waals surface area contributed by atoms with Crippen LogP contribution in [0.4, 0.5) is 5.69 Å². The number of hydrazone groups is 1. The normalized spacial score (nSPS) is 10.9. The maximum Gasteiger partial charge on any atom is 0.281 e. The van der Waals surface area contributed by atoms with E-state index in [1.165, 1.54) is 29.7 Å². The van der Waals surface area contributed by atoms with Crippen LogP contribution in [0.25, 0.3) is 11.3 Å². The molecule has 0 spiro atoms. The van der Waals surface area contributed by atoms with Gasteiger partial charge in [0, 0.05) is 17.7 Å². The Bertz CT molecular complexity index is 945. The quantitative estimate of drug-likeness (QED) is 0.425. The molecule has 0 bridgehead atoms. The van der Waals surface area contributed by atoms with E-state index in [1.807, 2.05) is 6.92 Å². The second-order valence-electron chi connectivity index (χ2n) is 5.13. The first kappa shape index (κ1) is 16.6. The third-order valence-electron chi connectivity index (χ3n) is 3.43. The lowest BCUT2D eigenvalue weighted by molar-refractivity contribution is -0.384. The van der Waals surface area contributed by atoms with Crippen LogP contribution in [0.15, 0.2) is 57.4 Å². The molecule has 1 aromatic carbocycles. The Morgan fingerprint density at radius 2 is 2.16 bits per heavy atom. The van der Waals surface area contributed by atoms with Crippen LogP contribution in [-0.4, -0.2) is 17.0 Å². The molecule has 0 saturated heterocycles. The summed E-state index contributed by atoms with van der Waals surface area (Å²) in [5.41, 5.74) is 3.90. The van der Waals surface area contributed by atoms with Crippen LogP contribution in [0.5, 0.6) is 0 Å². The van der Waals surface area contributed by atoms with Gasteiger partial charge in [0.25, 0.3) is 11.6 Å². The minimum absolute atomic E-state index is 0.00423. The fourth-order valence-corrected chi connectivity index (χ4v) is 2.79. The number of non-ortho nitro benzene ring substituents is 1. The topological polar surface area (TPSA) is 97.7 Å². The monoisotopic (exact) mass is 355 g/mol. The number of nitro benzene ring substituents is 1. The van der Waals surface area contributed by atoms with Crippen molar-refractivity contribution >= 4 is 29.1 Å². The zero-order valence-corrected chi connectivity index (χ0v) is 13.9. The van der Waals surface area contributed by atoms with Crippen molar-refractivity contribution in [1.29, 1.82) is 0 Å². The molecule has 25 heavy (non-hydrogen) atoms. The van der Waals surface area contributed by atoms with E-state index < -0.39 is 4.92 Å². The Kier molecular flexibility index (Phi) is 4.71. The van der Waals surface area contributed by atoms with Crippen molar-refractivity contribution in [2.24, 2.45) is 5.10 Å². The van der Waals surface area contributed by atoms with Gasteiger partial charge in [-0.25, -0.2) is 5.43 Å². The molecule has 0 unspecified atom stereocenters. The molecule has 8 heteroatoms. The number of thiophene rings is 1. The second kappa shape index (κ2) is 7.10. The molecule has 0 aliphatic heterocycles. The molecule has 1 N–H and O–H groups in total. The highest BCUT2D eigenvalue weighted by Crippen LogP contribution is 2.28. The zero-order valence-electron chi connectivity index (χ0n) is 13.1. The molecule has 2 aromatic heterocycles. The van der Waals surface area contributed by atoms with E-state index in [9.17, 15) is 14.9 Å². The SMILES string of the molecule is Cc1ccc([N+](=O)[O-])cc1-c1ccc(/C=N\NC(=O)c2cccs2)o1. The maximum absolute atomic E-state index is 11.8. The summed E-state index contributed by atoms with van der Waals surface area (Å²) in [7, 11) is 0. The number of carbonyl (C=O) groups is 1. The van der Waals surface area contributed by atoms with Gasteiger partial charge >= 0.3 is 0 Å². The molecular weight excluding hydrogens is 342 g/mol. The highest BCUT2D eigenvalue weighted by Gasteiger charge is 2.13. The predicted molar refractivity (Wildman–Crippen MR) is 94.9 cm³/mol. The van der Waals surface area contributed by atoms with Gasteiger partial charge in [-0.1, -0.05) is 12.1 Å². The van der Waals surface area contributed by atoms with E-state index in [1.54, 1.807) is 35.7 Å². The number of amides is 1. The van der Waals surface area contributed by atoms with Crippen molar-refractivity contribution < 1.29 is 14.1 Å². The molecule has 0 aliphatic carbocycles. The van der Waals surface area contributed by atoms with E-state index in [-0.39, 0.29) is 11.6 Å². The molecule has 3 aromatic rings. The minimum Gasteiger partial charge on any atom is -0.455 e. The van der Waals surface area contributed by atoms with Gasteiger partial charge in [0.15, 0.2) is 0 Å². The number of benzene rings is 1. The lowest BCUT2D eigenvalue weighted by atomic mass is 10.1. The average Bonchev–Trinajstić information content (AvgIpc) is 3.27. The number of rotatable bonds is 5. The molecule has 2 heterocycles. The van der Waals surface area contributed by atoms with Crippen molar-refractivity contribution in [2.75, 3.05) is 0 Å². The van der Waals surface area contributed by atoms with Gasteiger partial charge < -0.3 is 4.42 Å². The number of hydrogen-bond donors (Lipinski definition) is 1. The molecule has 0 saturated carbocycles. The zero-order chi connectivity index (χ0) is 17.8. The minimum atomic E-state index is -0.450. The van der Waals surface area contributed by atoms with E-state index >= 15 is 0 Å². The fraction of sp³-hybridized carbons (Fsp3) is 0.0588. The Balaban J connectivity index is 1.74. The van der Waals surface area contributed by atoms with Crippen molar-refractivity contribution in [3.8, 4) is 11.3 Å².